The first-order valence-corrected chi connectivity index (χ1v) is 13.4. The van der Waals surface area contributed by atoms with Gasteiger partial charge in [-0.1, -0.05) is 23.6 Å². The van der Waals surface area contributed by atoms with Gasteiger partial charge in [-0.05, 0) is 53.0 Å². The van der Waals surface area contributed by atoms with Gasteiger partial charge >= 0.3 is 0 Å². The summed E-state index contributed by atoms with van der Waals surface area (Å²) in [6, 6.07) is 3.65. The number of rotatable bonds is 9. The number of allylic oxidation sites excluding steroid dienone is 2. The number of benzene rings is 1. The highest BCUT2D eigenvalue weighted by molar-refractivity contribution is 7.92. The lowest BCUT2D eigenvalue weighted by Crippen LogP contribution is -2.19. The third-order valence-corrected chi connectivity index (χ3v) is 8.05. The Balaban J connectivity index is 2.00. The second kappa shape index (κ2) is 11.8. The van der Waals surface area contributed by atoms with E-state index in [0.717, 1.165) is 11.6 Å². The van der Waals surface area contributed by atoms with Gasteiger partial charge in [0.05, 0.1) is 33.3 Å². The molecule has 0 saturated carbocycles. The van der Waals surface area contributed by atoms with Crippen LogP contribution in [0, 0.1) is 19.3 Å². The number of nitrogens with one attached hydrogen (secondary N) is 1. The Labute approximate surface area is 222 Å². The third-order valence-electron chi connectivity index (χ3n) is 5.90. The van der Waals surface area contributed by atoms with Gasteiger partial charge in [0.1, 0.15) is 5.69 Å². The summed E-state index contributed by atoms with van der Waals surface area (Å²) in [5.74, 6) is 2.80. The summed E-state index contributed by atoms with van der Waals surface area (Å²) in [6.07, 6.45) is 6.94. The molecule has 1 aromatic carbocycles. The van der Waals surface area contributed by atoms with Crippen molar-refractivity contribution in [2.45, 2.75) is 50.5 Å². The summed E-state index contributed by atoms with van der Waals surface area (Å²) in [4.78, 5) is 8.77. The highest BCUT2D eigenvalue weighted by Crippen LogP contribution is 2.35. The van der Waals surface area contributed by atoms with Gasteiger partial charge in [-0.3, -0.25) is 9.99 Å². The smallest absolute Gasteiger partial charge is 0.264 e. The van der Waals surface area contributed by atoms with Crippen LogP contribution in [0.5, 0.6) is 0 Å². The predicted octanol–water partition coefficient (Wildman–Crippen LogP) is 4.57. The molecule has 0 fully saturated rings. The van der Waals surface area contributed by atoms with Crippen molar-refractivity contribution in [1.82, 2.24) is 20.3 Å². The number of terminal acetylenes is 1. The molecule has 0 amide bonds. The van der Waals surface area contributed by atoms with E-state index in [1.165, 1.54) is 37.2 Å². The fourth-order valence-corrected chi connectivity index (χ4v) is 4.82. The van der Waals surface area contributed by atoms with Crippen LogP contribution in [-0.4, -0.2) is 55.2 Å². The molecule has 38 heavy (non-hydrogen) atoms. The number of halogens is 2. The van der Waals surface area contributed by atoms with E-state index in [1.807, 2.05) is 20.0 Å². The minimum atomic E-state index is -3.74. The molecule has 11 heteroatoms. The Bertz CT molecular complexity index is 1440. The van der Waals surface area contributed by atoms with E-state index in [9.17, 15) is 17.2 Å². The normalized spacial score (nSPS) is 16.6. The number of aromatic nitrogens is 2. The molecule has 1 N–H and O–H groups in total. The number of hydrazone groups is 1. The number of nitrogens with zero attached hydrogens (tertiary/aromatic N) is 4. The van der Waals surface area contributed by atoms with Gasteiger partial charge < -0.3 is 10.1 Å². The lowest BCUT2D eigenvalue weighted by molar-refractivity contribution is 0.0729. The van der Waals surface area contributed by atoms with Crippen molar-refractivity contribution < 1.29 is 21.9 Å². The molecule has 1 unspecified atom stereocenters. The van der Waals surface area contributed by atoms with E-state index in [-0.39, 0.29) is 22.1 Å². The molecule has 0 bridgehead atoms. The standard InChI is InChI=1S/C27H31F2N5O3S/c1-8-19(10-9-17(4)14-30-6)26-33-34(7)27(37-26)24-18(5)31-15-23(32-24)21-12-11-20(13-22(21)25(28)29)38(35,36)16(2)3/h1,9-13,15-16,25,27,30H,14H2,2-7H3/b17-9+,19-10+. The summed E-state index contributed by atoms with van der Waals surface area (Å²) >= 11 is 0. The molecule has 2 heterocycles. The van der Waals surface area contributed by atoms with Crippen molar-refractivity contribution >= 4 is 15.7 Å². The molecule has 1 aromatic heterocycles. The van der Waals surface area contributed by atoms with Gasteiger partial charge in [0.25, 0.3) is 6.43 Å². The summed E-state index contributed by atoms with van der Waals surface area (Å²) in [6.45, 7) is 7.36. The Morgan fingerprint density at radius 2 is 2.03 bits per heavy atom. The first-order chi connectivity index (χ1) is 17.9. The van der Waals surface area contributed by atoms with Gasteiger partial charge in [0.15, 0.2) is 9.84 Å². The van der Waals surface area contributed by atoms with Gasteiger partial charge in [0, 0.05) is 24.7 Å². The molecule has 0 radical (unpaired) electrons. The van der Waals surface area contributed by atoms with Crippen LogP contribution < -0.4 is 5.32 Å². The lowest BCUT2D eigenvalue weighted by Gasteiger charge is -2.20. The Morgan fingerprint density at radius 3 is 2.63 bits per heavy atom. The predicted molar refractivity (Wildman–Crippen MR) is 143 cm³/mol. The molecule has 1 aliphatic heterocycles. The van der Waals surface area contributed by atoms with Gasteiger partial charge in [-0.2, -0.15) is 0 Å². The molecule has 8 nitrogen and oxygen atoms in total. The van der Waals surface area contributed by atoms with Crippen LogP contribution in [0.15, 0.2) is 57.7 Å². The Hall–Kier alpha value is -3.62. The summed E-state index contributed by atoms with van der Waals surface area (Å²) < 4.78 is 59.3. The number of hydrogen-bond donors (Lipinski definition) is 1. The van der Waals surface area contributed by atoms with Crippen LogP contribution in [0.2, 0.25) is 0 Å². The number of aryl methyl sites for hydroxylation is 1. The second-order valence-electron chi connectivity index (χ2n) is 9.09. The van der Waals surface area contributed by atoms with E-state index in [1.54, 1.807) is 20.0 Å². The van der Waals surface area contributed by atoms with Crippen molar-refractivity contribution in [2.24, 2.45) is 5.10 Å². The Morgan fingerprint density at radius 1 is 1.32 bits per heavy atom. The molecule has 202 valence electrons. The molecule has 0 aliphatic carbocycles. The monoisotopic (exact) mass is 543 g/mol. The van der Waals surface area contributed by atoms with Gasteiger partial charge in [0.2, 0.25) is 12.1 Å². The maximum atomic E-state index is 14.1. The van der Waals surface area contributed by atoms with Crippen molar-refractivity contribution in [2.75, 3.05) is 20.6 Å². The van der Waals surface area contributed by atoms with Crippen LogP contribution in [0.25, 0.3) is 11.3 Å². The second-order valence-corrected chi connectivity index (χ2v) is 11.6. The van der Waals surface area contributed by atoms with Crippen LogP contribution in [-0.2, 0) is 14.6 Å². The fourth-order valence-electron chi connectivity index (χ4n) is 3.73. The average molecular weight is 544 g/mol. The molecule has 0 spiro atoms. The summed E-state index contributed by atoms with van der Waals surface area (Å²) in [5, 5.41) is 8.23. The van der Waals surface area contributed by atoms with Crippen LogP contribution in [0.3, 0.4) is 0 Å². The van der Waals surface area contributed by atoms with Crippen molar-refractivity contribution in [1.29, 1.82) is 0 Å². The zero-order valence-electron chi connectivity index (χ0n) is 22.2. The fraction of sp³-hybridized carbons (Fsp3) is 0.370. The van der Waals surface area contributed by atoms with E-state index in [0.29, 0.717) is 23.5 Å². The van der Waals surface area contributed by atoms with Crippen molar-refractivity contribution in [3.8, 4) is 23.6 Å². The average Bonchev–Trinajstić information content (AvgIpc) is 3.25. The highest BCUT2D eigenvalue weighted by Gasteiger charge is 2.32. The minimum absolute atomic E-state index is 0.0765. The van der Waals surface area contributed by atoms with Crippen molar-refractivity contribution in [3.05, 3.63) is 64.6 Å². The number of ether oxygens (including phenoxy) is 1. The number of sulfone groups is 1. The van der Waals surface area contributed by atoms with Gasteiger partial charge in [-0.25, -0.2) is 22.2 Å². The van der Waals surface area contributed by atoms with E-state index in [4.69, 9.17) is 11.2 Å². The van der Waals surface area contributed by atoms with Crippen LogP contribution >= 0.6 is 0 Å². The molecule has 0 saturated heterocycles. The number of hydrogen-bond acceptors (Lipinski definition) is 8. The largest absolute Gasteiger partial charge is 0.444 e. The topological polar surface area (TPSA) is 96.8 Å². The maximum absolute atomic E-state index is 14.1. The quantitative estimate of drug-likeness (QED) is 0.366. The molecule has 3 rings (SSSR count). The van der Waals surface area contributed by atoms with Crippen molar-refractivity contribution in [3.63, 3.8) is 0 Å². The maximum Gasteiger partial charge on any atom is 0.264 e. The first kappa shape index (κ1) is 28.9. The minimum Gasteiger partial charge on any atom is -0.444 e. The van der Waals surface area contributed by atoms with Gasteiger partial charge in [-0.15, -0.1) is 11.5 Å². The van der Waals surface area contributed by atoms with Crippen LogP contribution in [0.1, 0.15) is 50.4 Å². The number of likely N-dealkylation sites (N-methyl/N-ethyl adjacent to an activating group) is 1. The number of alkyl halides is 2. The molecular weight excluding hydrogens is 512 g/mol. The SMILES string of the molecule is C#C/C(=C\C=C(/C)CNC)C1=NN(C)C(c2nc(-c3ccc(S(=O)(=O)C(C)C)cc3C(F)F)cnc2C)O1. The summed E-state index contributed by atoms with van der Waals surface area (Å²) in [5.41, 5.74) is 2.14. The zero-order valence-corrected chi connectivity index (χ0v) is 23.0. The molecule has 2 aromatic rings. The summed E-state index contributed by atoms with van der Waals surface area (Å²) in [7, 11) is -0.216. The lowest BCUT2D eigenvalue weighted by atomic mass is 10.0. The molecular formula is C27H31F2N5O3S. The third kappa shape index (κ3) is 6.09. The molecule has 1 aliphatic rings. The van der Waals surface area contributed by atoms with E-state index >= 15 is 0 Å². The zero-order chi connectivity index (χ0) is 28.2. The highest BCUT2D eigenvalue weighted by atomic mass is 32.2. The first-order valence-electron chi connectivity index (χ1n) is 11.9. The molecule has 1 atom stereocenters. The van der Waals surface area contributed by atoms with E-state index in [2.05, 4.69) is 26.3 Å². The Kier molecular flexibility index (Phi) is 9.01. The van der Waals surface area contributed by atoms with E-state index < -0.39 is 33.3 Å². The van der Waals surface area contributed by atoms with Crippen LogP contribution in [0.4, 0.5) is 8.78 Å².